The molecular weight excluding hydrogens is 352 g/mol. The fraction of sp³-hybridized carbons (Fsp3) is 0.421. The first-order valence-electron chi connectivity index (χ1n) is 8.70. The second-order valence-corrected chi connectivity index (χ2v) is 7.17. The molecule has 0 unspecified atom stereocenters. The van der Waals surface area contributed by atoms with Crippen LogP contribution >= 0.6 is 11.6 Å². The van der Waals surface area contributed by atoms with Crippen molar-refractivity contribution in [1.82, 2.24) is 9.78 Å². The van der Waals surface area contributed by atoms with Gasteiger partial charge in [-0.3, -0.25) is 14.3 Å². The van der Waals surface area contributed by atoms with Crippen molar-refractivity contribution in [2.45, 2.75) is 46.6 Å². The minimum Gasteiger partial charge on any atom is -0.326 e. The van der Waals surface area contributed by atoms with Crippen LogP contribution in [0.5, 0.6) is 0 Å². The molecule has 1 aromatic carbocycles. The van der Waals surface area contributed by atoms with Crippen molar-refractivity contribution in [2.75, 3.05) is 16.8 Å². The number of halogens is 1. The summed E-state index contributed by atoms with van der Waals surface area (Å²) in [6.07, 6.45) is 1.11. The van der Waals surface area contributed by atoms with E-state index in [0.29, 0.717) is 18.0 Å². The van der Waals surface area contributed by atoms with Crippen LogP contribution in [0.3, 0.4) is 0 Å². The van der Waals surface area contributed by atoms with Crippen LogP contribution in [0.25, 0.3) is 0 Å². The van der Waals surface area contributed by atoms with Crippen molar-refractivity contribution < 1.29 is 9.59 Å². The first-order chi connectivity index (χ1) is 12.3. The number of hydrogen-bond acceptors (Lipinski definition) is 3. The lowest BCUT2D eigenvalue weighted by atomic mass is 10.1. The summed E-state index contributed by atoms with van der Waals surface area (Å²) in [5.41, 5.74) is 4.40. The van der Waals surface area contributed by atoms with Crippen LogP contribution in [0.1, 0.15) is 43.3 Å². The third-order valence-electron chi connectivity index (χ3n) is 4.77. The standard InChI is InChI=1S/C19H23ClN4O2/c1-11(24-13(3)19(20)12(2)22-24)9-18(26)21-16-5-6-17-15(10-16)7-8-23(17)14(4)25/h5-6,10-11H,7-9H2,1-4H3,(H,21,26)/t11-/m1/s1. The van der Waals surface area contributed by atoms with E-state index >= 15 is 0 Å². The van der Waals surface area contributed by atoms with Gasteiger partial charge in [-0.2, -0.15) is 5.10 Å². The molecule has 0 saturated carbocycles. The molecule has 6 nitrogen and oxygen atoms in total. The zero-order valence-corrected chi connectivity index (χ0v) is 16.2. The molecule has 3 rings (SSSR count). The Hall–Kier alpha value is -2.34. The highest BCUT2D eigenvalue weighted by atomic mass is 35.5. The number of carbonyl (C=O) groups excluding carboxylic acids is 2. The number of fused-ring (bicyclic) bond motifs is 1. The highest BCUT2D eigenvalue weighted by molar-refractivity contribution is 6.31. The largest absolute Gasteiger partial charge is 0.326 e. The third-order valence-corrected chi connectivity index (χ3v) is 5.32. The lowest BCUT2D eigenvalue weighted by Gasteiger charge is -2.16. The van der Waals surface area contributed by atoms with Gasteiger partial charge in [0.1, 0.15) is 0 Å². The monoisotopic (exact) mass is 374 g/mol. The van der Waals surface area contributed by atoms with Crippen LogP contribution in [-0.4, -0.2) is 28.1 Å². The molecule has 1 atom stereocenters. The van der Waals surface area contributed by atoms with Gasteiger partial charge in [-0.25, -0.2) is 0 Å². The first-order valence-corrected chi connectivity index (χ1v) is 9.07. The number of amides is 2. The van der Waals surface area contributed by atoms with Crippen molar-refractivity contribution in [3.05, 3.63) is 40.2 Å². The zero-order chi connectivity index (χ0) is 19.0. The molecule has 1 aliphatic heterocycles. The summed E-state index contributed by atoms with van der Waals surface area (Å²) >= 11 is 6.19. The molecule has 0 bridgehead atoms. The van der Waals surface area contributed by atoms with E-state index in [4.69, 9.17) is 11.6 Å². The van der Waals surface area contributed by atoms with Gasteiger partial charge in [0, 0.05) is 31.3 Å². The SMILES string of the molecule is CC(=O)N1CCc2cc(NC(=O)C[C@@H](C)n3nc(C)c(Cl)c3C)ccc21. The smallest absolute Gasteiger partial charge is 0.226 e. The number of nitrogens with one attached hydrogen (secondary N) is 1. The zero-order valence-electron chi connectivity index (χ0n) is 15.5. The first kappa shape index (κ1) is 18.5. The third kappa shape index (κ3) is 3.46. The number of benzene rings is 1. The summed E-state index contributed by atoms with van der Waals surface area (Å²) in [4.78, 5) is 25.8. The summed E-state index contributed by atoms with van der Waals surface area (Å²) in [5.74, 6) is -0.0412. The molecular formula is C19H23ClN4O2. The second-order valence-electron chi connectivity index (χ2n) is 6.79. The normalized spacial score (nSPS) is 14.3. The van der Waals surface area contributed by atoms with Gasteiger partial charge in [0.25, 0.3) is 0 Å². The van der Waals surface area contributed by atoms with E-state index in [0.717, 1.165) is 34.7 Å². The van der Waals surface area contributed by atoms with Gasteiger partial charge in [-0.15, -0.1) is 0 Å². The van der Waals surface area contributed by atoms with E-state index in [2.05, 4.69) is 10.4 Å². The van der Waals surface area contributed by atoms with Crippen molar-refractivity contribution in [3.63, 3.8) is 0 Å². The number of aryl methyl sites for hydroxylation is 1. The molecule has 7 heteroatoms. The van der Waals surface area contributed by atoms with Gasteiger partial charge in [-0.05, 0) is 51.0 Å². The van der Waals surface area contributed by atoms with Crippen LogP contribution in [0.2, 0.25) is 5.02 Å². The summed E-state index contributed by atoms with van der Waals surface area (Å²) < 4.78 is 1.80. The van der Waals surface area contributed by atoms with Crippen LogP contribution in [-0.2, 0) is 16.0 Å². The van der Waals surface area contributed by atoms with Gasteiger partial charge < -0.3 is 10.2 Å². The Bertz CT molecular complexity index is 875. The molecule has 0 fully saturated rings. The number of nitrogens with zero attached hydrogens (tertiary/aromatic N) is 3. The highest BCUT2D eigenvalue weighted by Crippen LogP contribution is 2.31. The molecule has 2 aromatic rings. The molecule has 2 heterocycles. The van der Waals surface area contributed by atoms with E-state index in [9.17, 15) is 9.59 Å². The summed E-state index contributed by atoms with van der Waals surface area (Å²) in [6, 6.07) is 5.58. The minimum absolute atomic E-state index is 0.0397. The molecule has 2 amide bonds. The van der Waals surface area contributed by atoms with Crippen molar-refractivity contribution >= 4 is 34.8 Å². The Labute approximate surface area is 158 Å². The van der Waals surface area contributed by atoms with Gasteiger partial charge in [0.05, 0.1) is 22.5 Å². The molecule has 0 saturated heterocycles. The summed E-state index contributed by atoms with van der Waals surface area (Å²) in [5, 5.41) is 7.99. The van der Waals surface area contributed by atoms with Gasteiger partial charge in [0.15, 0.2) is 0 Å². The molecule has 138 valence electrons. The average Bonchev–Trinajstić information content (AvgIpc) is 3.11. The minimum atomic E-state index is -0.0937. The number of hydrogen-bond donors (Lipinski definition) is 1. The molecule has 0 aliphatic carbocycles. The van der Waals surface area contributed by atoms with E-state index in [-0.39, 0.29) is 17.9 Å². The van der Waals surface area contributed by atoms with Crippen LogP contribution < -0.4 is 10.2 Å². The van der Waals surface area contributed by atoms with E-state index in [1.54, 1.807) is 16.5 Å². The van der Waals surface area contributed by atoms with Crippen molar-refractivity contribution in [3.8, 4) is 0 Å². The predicted octanol–water partition coefficient (Wildman–Crippen LogP) is 3.65. The summed E-state index contributed by atoms with van der Waals surface area (Å²) in [7, 11) is 0. The maximum atomic E-state index is 12.4. The van der Waals surface area contributed by atoms with Crippen LogP contribution in [0.15, 0.2) is 18.2 Å². The highest BCUT2D eigenvalue weighted by Gasteiger charge is 2.23. The number of aromatic nitrogens is 2. The Kier molecular flexibility index (Phi) is 5.05. The number of carbonyl (C=O) groups is 2. The number of rotatable bonds is 4. The molecule has 1 aliphatic rings. The second kappa shape index (κ2) is 7.11. The maximum Gasteiger partial charge on any atom is 0.226 e. The lowest BCUT2D eigenvalue weighted by molar-refractivity contribution is -0.117. The lowest BCUT2D eigenvalue weighted by Crippen LogP contribution is -2.25. The molecule has 0 spiro atoms. The Morgan fingerprint density at radius 1 is 1.35 bits per heavy atom. The van der Waals surface area contributed by atoms with Crippen molar-refractivity contribution in [2.24, 2.45) is 0 Å². The van der Waals surface area contributed by atoms with Gasteiger partial charge in [-0.1, -0.05) is 11.6 Å². The summed E-state index contributed by atoms with van der Waals surface area (Å²) in [6.45, 7) is 7.96. The number of anilines is 2. The fourth-order valence-electron chi connectivity index (χ4n) is 3.45. The predicted molar refractivity (Wildman–Crippen MR) is 103 cm³/mol. The van der Waals surface area contributed by atoms with Crippen LogP contribution in [0.4, 0.5) is 11.4 Å². The topological polar surface area (TPSA) is 67.2 Å². The Morgan fingerprint density at radius 3 is 2.69 bits per heavy atom. The van der Waals surface area contributed by atoms with E-state index < -0.39 is 0 Å². The molecule has 1 aromatic heterocycles. The van der Waals surface area contributed by atoms with Crippen molar-refractivity contribution in [1.29, 1.82) is 0 Å². The van der Waals surface area contributed by atoms with E-state index in [1.807, 2.05) is 39.0 Å². The quantitative estimate of drug-likeness (QED) is 0.888. The molecule has 26 heavy (non-hydrogen) atoms. The van der Waals surface area contributed by atoms with Crippen LogP contribution in [0, 0.1) is 13.8 Å². The molecule has 1 N–H and O–H groups in total. The average molecular weight is 375 g/mol. The maximum absolute atomic E-state index is 12.4. The van der Waals surface area contributed by atoms with Gasteiger partial charge >= 0.3 is 0 Å². The molecule has 0 radical (unpaired) electrons. The van der Waals surface area contributed by atoms with Gasteiger partial charge in [0.2, 0.25) is 11.8 Å². The Balaban J connectivity index is 1.67. The van der Waals surface area contributed by atoms with E-state index in [1.165, 1.54) is 0 Å². The Morgan fingerprint density at radius 2 is 2.08 bits per heavy atom. The fourth-order valence-corrected chi connectivity index (χ4v) is 3.57.